The molecule has 0 bridgehead atoms. The Morgan fingerprint density at radius 3 is 2.44 bits per heavy atom. The minimum Gasteiger partial charge on any atom is -0.378 e. The summed E-state index contributed by atoms with van der Waals surface area (Å²) in [7, 11) is 0. The zero-order valence-corrected chi connectivity index (χ0v) is 20.5. The topological polar surface area (TPSA) is 91.9 Å². The minimum atomic E-state index is -0.208. The van der Waals surface area contributed by atoms with Crippen molar-refractivity contribution >= 4 is 17.5 Å². The molecule has 9 heteroatoms. The summed E-state index contributed by atoms with van der Waals surface area (Å²) in [5.74, 6) is 1.77. The van der Waals surface area contributed by atoms with Crippen molar-refractivity contribution in [2.75, 3.05) is 62.8 Å². The summed E-state index contributed by atoms with van der Waals surface area (Å²) in [5, 5.41) is 5.57. The maximum atomic E-state index is 11.8. The van der Waals surface area contributed by atoms with Gasteiger partial charge in [-0.3, -0.25) is 4.90 Å². The first-order chi connectivity index (χ1) is 16.7. The average Bonchev–Trinajstić information content (AvgIpc) is 2.84. The third-order valence-corrected chi connectivity index (χ3v) is 6.26. The first kappa shape index (κ1) is 24.4. The largest absolute Gasteiger partial charge is 0.378 e. The third kappa shape index (κ3) is 5.48. The van der Waals surface area contributed by atoms with Crippen LogP contribution in [0.3, 0.4) is 0 Å². The lowest BCUT2D eigenvalue weighted by Gasteiger charge is -2.40. The molecule has 2 N–H and O–H groups in total. The summed E-state index contributed by atoms with van der Waals surface area (Å²) in [6.07, 6.45) is 0.953. The number of carbonyl (C=O) groups excluding carboxylic acids is 1. The van der Waals surface area contributed by atoms with Gasteiger partial charge in [0.1, 0.15) is 5.82 Å². The normalized spacial score (nSPS) is 18.3. The molecule has 2 fully saturated rings. The van der Waals surface area contributed by atoms with Crippen LogP contribution >= 0.6 is 0 Å². The summed E-state index contributed by atoms with van der Waals surface area (Å²) in [6, 6.07) is 7.99. The van der Waals surface area contributed by atoms with Gasteiger partial charge in [-0.2, -0.15) is 0 Å². The monoisotopic (exact) mass is 468 g/mol. The van der Waals surface area contributed by atoms with Gasteiger partial charge in [0.25, 0.3) is 0 Å². The van der Waals surface area contributed by atoms with Crippen molar-refractivity contribution < 1.29 is 14.3 Å². The summed E-state index contributed by atoms with van der Waals surface area (Å²) in [5.41, 5.74) is 4.05. The van der Waals surface area contributed by atoms with E-state index in [-0.39, 0.29) is 6.03 Å². The Balaban J connectivity index is 0.00000133. The molecule has 3 aliphatic rings. The number of fused-ring (bicyclic) bond motifs is 1. The zero-order valence-electron chi connectivity index (χ0n) is 20.5. The molecular formula is C25H36N6O3. The fourth-order valence-electron chi connectivity index (χ4n) is 4.38. The second-order valence-electron chi connectivity index (χ2n) is 8.37. The van der Waals surface area contributed by atoms with Crippen LogP contribution in [0.2, 0.25) is 0 Å². The zero-order chi connectivity index (χ0) is 23.9. The molecule has 1 aromatic carbocycles. The number of benzene rings is 1. The van der Waals surface area contributed by atoms with Gasteiger partial charge in [-0.1, -0.05) is 13.8 Å². The van der Waals surface area contributed by atoms with Crippen LogP contribution in [0.25, 0.3) is 11.4 Å². The lowest BCUT2D eigenvalue weighted by atomic mass is 10.0. The highest BCUT2D eigenvalue weighted by Crippen LogP contribution is 2.31. The number of ether oxygens (including phenoxy) is 2. The van der Waals surface area contributed by atoms with Crippen LogP contribution in [-0.4, -0.2) is 79.5 Å². The van der Waals surface area contributed by atoms with Gasteiger partial charge in [0.15, 0.2) is 5.82 Å². The standard InChI is InChI=1S/C23H30N6O3.C2H6/c1-2-24-23(30)25-17-5-3-16(4-6-17)21-26-20-13-29(18-14-32-15-18)8-7-19(20)22(27-21)28-9-11-31-12-10-28;1-2/h3-6,18H,2,7-15H2,1H3,(H2,24,25,30);1-2H3. The van der Waals surface area contributed by atoms with E-state index in [1.807, 2.05) is 45.0 Å². The molecule has 0 aliphatic carbocycles. The third-order valence-electron chi connectivity index (χ3n) is 6.26. The van der Waals surface area contributed by atoms with Crippen LogP contribution in [0.15, 0.2) is 24.3 Å². The highest BCUT2D eigenvalue weighted by molar-refractivity contribution is 5.89. The van der Waals surface area contributed by atoms with Crippen LogP contribution in [0.5, 0.6) is 0 Å². The Kier molecular flexibility index (Phi) is 8.31. The second-order valence-corrected chi connectivity index (χ2v) is 8.37. The molecule has 9 nitrogen and oxygen atoms in total. The van der Waals surface area contributed by atoms with Gasteiger partial charge < -0.3 is 25.0 Å². The van der Waals surface area contributed by atoms with Crippen molar-refractivity contribution in [3.05, 3.63) is 35.5 Å². The fraction of sp³-hybridized carbons (Fsp3) is 0.560. The maximum absolute atomic E-state index is 11.8. The number of carbonyl (C=O) groups is 1. The summed E-state index contributed by atoms with van der Waals surface area (Å²) < 4.78 is 11.0. The van der Waals surface area contributed by atoms with E-state index in [0.717, 1.165) is 87.6 Å². The Morgan fingerprint density at radius 2 is 1.79 bits per heavy atom. The molecule has 0 radical (unpaired) electrons. The Morgan fingerprint density at radius 1 is 1.06 bits per heavy atom. The van der Waals surface area contributed by atoms with Crippen molar-refractivity contribution in [1.29, 1.82) is 0 Å². The van der Waals surface area contributed by atoms with Crippen LogP contribution in [0, 0.1) is 0 Å². The number of hydrogen-bond acceptors (Lipinski definition) is 7. The van der Waals surface area contributed by atoms with Gasteiger partial charge in [0.05, 0.1) is 38.2 Å². The van der Waals surface area contributed by atoms with E-state index in [9.17, 15) is 4.79 Å². The predicted octanol–water partition coefficient (Wildman–Crippen LogP) is 2.90. The lowest BCUT2D eigenvalue weighted by molar-refractivity contribution is -0.0699. The highest BCUT2D eigenvalue weighted by Gasteiger charge is 2.32. The second kappa shape index (κ2) is 11.6. The number of morpholine rings is 1. The number of rotatable bonds is 5. The molecule has 1 aromatic heterocycles. The molecule has 2 saturated heterocycles. The number of urea groups is 1. The number of aromatic nitrogens is 2. The minimum absolute atomic E-state index is 0.208. The molecule has 2 aromatic rings. The SMILES string of the molecule is CC.CCNC(=O)Nc1ccc(-c2nc3c(c(N4CCOCC4)n2)CCN(C2COC2)C3)cc1. The Hall–Kier alpha value is -2.75. The van der Waals surface area contributed by atoms with E-state index in [2.05, 4.69) is 20.4 Å². The van der Waals surface area contributed by atoms with Crippen molar-refractivity contribution in [3.8, 4) is 11.4 Å². The molecule has 0 unspecified atom stereocenters. The first-order valence-corrected chi connectivity index (χ1v) is 12.4. The molecule has 184 valence electrons. The fourth-order valence-corrected chi connectivity index (χ4v) is 4.38. The summed E-state index contributed by atoms with van der Waals surface area (Å²) in [6.45, 7) is 13.1. The molecule has 2 amide bonds. The quantitative estimate of drug-likeness (QED) is 0.697. The van der Waals surface area contributed by atoms with Gasteiger partial charge in [0.2, 0.25) is 0 Å². The highest BCUT2D eigenvalue weighted by atomic mass is 16.5. The number of nitrogens with one attached hydrogen (secondary N) is 2. The smallest absolute Gasteiger partial charge is 0.319 e. The summed E-state index contributed by atoms with van der Waals surface area (Å²) >= 11 is 0. The van der Waals surface area contributed by atoms with E-state index in [0.29, 0.717) is 12.6 Å². The first-order valence-electron chi connectivity index (χ1n) is 12.4. The maximum Gasteiger partial charge on any atom is 0.319 e. The van der Waals surface area contributed by atoms with Crippen molar-refractivity contribution in [2.45, 2.75) is 39.8 Å². The molecule has 4 heterocycles. The van der Waals surface area contributed by atoms with Crippen molar-refractivity contribution in [2.24, 2.45) is 0 Å². The van der Waals surface area contributed by atoms with E-state index in [4.69, 9.17) is 19.4 Å². The van der Waals surface area contributed by atoms with Crippen molar-refractivity contribution in [3.63, 3.8) is 0 Å². The molecule has 0 atom stereocenters. The average molecular weight is 469 g/mol. The Bertz CT molecular complexity index is 958. The van der Waals surface area contributed by atoms with Crippen molar-refractivity contribution in [1.82, 2.24) is 20.2 Å². The van der Waals surface area contributed by atoms with Crippen LogP contribution in [0.4, 0.5) is 16.3 Å². The lowest BCUT2D eigenvalue weighted by Crippen LogP contribution is -2.51. The number of anilines is 2. The van der Waals surface area contributed by atoms with E-state index >= 15 is 0 Å². The molecule has 0 saturated carbocycles. The Labute approximate surface area is 201 Å². The molecule has 0 spiro atoms. The predicted molar refractivity (Wildman–Crippen MR) is 133 cm³/mol. The van der Waals surface area contributed by atoms with Gasteiger partial charge >= 0.3 is 6.03 Å². The van der Waals surface area contributed by atoms with Gasteiger partial charge in [-0.05, 0) is 37.6 Å². The number of hydrogen-bond donors (Lipinski definition) is 2. The van der Waals surface area contributed by atoms with Gasteiger partial charge in [-0.25, -0.2) is 14.8 Å². The van der Waals surface area contributed by atoms with E-state index in [1.165, 1.54) is 5.56 Å². The van der Waals surface area contributed by atoms with Crippen LogP contribution in [0.1, 0.15) is 32.0 Å². The van der Waals surface area contributed by atoms with Crippen LogP contribution < -0.4 is 15.5 Å². The number of amides is 2. The molecule has 5 rings (SSSR count). The van der Waals surface area contributed by atoms with Gasteiger partial charge in [-0.15, -0.1) is 0 Å². The van der Waals surface area contributed by atoms with Gasteiger partial charge in [0, 0.05) is 49.5 Å². The van der Waals surface area contributed by atoms with E-state index in [1.54, 1.807) is 0 Å². The molecule has 3 aliphatic heterocycles. The molecular weight excluding hydrogens is 432 g/mol. The molecule has 34 heavy (non-hydrogen) atoms. The van der Waals surface area contributed by atoms with Crippen LogP contribution in [-0.2, 0) is 22.4 Å². The summed E-state index contributed by atoms with van der Waals surface area (Å²) in [4.78, 5) is 26.6. The van der Waals surface area contributed by atoms with E-state index < -0.39 is 0 Å². The number of nitrogens with zero attached hydrogens (tertiary/aromatic N) is 4.